The fourth-order valence-corrected chi connectivity index (χ4v) is 1.84. The number of hydrogen-bond acceptors (Lipinski definition) is 3. The SMILES string of the molecule is CCNC(=O)C(C)Oc1ccc(C(C)NC)cc1Cl. The first kappa shape index (κ1) is 15.8. The number of carbonyl (C=O) groups excluding carboxylic acids is 1. The summed E-state index contributed by atoms with van der Waals surface area (Å²) in [6, 6.07) is 5.80. The third kappa shape index (κ3) is 4.40. The van der Waals surface area contributed by atoms with Gasteiger partial charge in [0.15, 0.2) is 6.10 Å². The quantitative estimate of drug-likeness (QED) is 0.844. The molecule has 0 fully saturated rings. The van der Waals surface area contributed by atoms with Crippen LogP contribution in [0.5, 0.6) is 5.75 Å². The number of benzene rings is 1. The van der Waals surface area contributed by atoms with Crippen LogP contribution in [0.2, 0.25) is 5.02 Å². The highest BCUT2D eigenvalue weighted by Crippen LogP contribution is 2.28. The number of carbonyl (C=O) groups is 1. The van der Waals surface area contributed by atoms with Crippen LogP contribution in [0.25, 0.3) is 0 Å². The number of halogens is 1. The predicted molar refractivity (Wildman–Crippen MR) is 77.7 cm³/mol. The molecule has 0 aromatic heterocycles. The van der Waals surface area contributed by atoms with Crippen LogP contribution in [0.3, 0.4) is 0 Å². The van der Waals surface area contributed by atoms with Gasteiger partial charge in [-0.05, 0) is 45.5 Å². The summed E-state index contributed by atoms with van der Waals surface area (Å²) in [4.78, 5) is 11.6. The van der Waals surface area contributed by atoms with E-state index in [1.54, 1.807) is 13.0 Å². The van der Waals surface area contributed by atoms with Gasteiger partial charge in [-0.1, -0.05) is 17.7 Å². The minimum atomic E-state index is -0.565. The molecule has 0 spiro atoms. The van der Waals surface area contributed by atoms with E-state index in [1.165, 1.54) is 0 Å². The first-order valence-electron chi connectivity index (χ1n) is 6.40. The van der Waals surface area contributed by atoms with Crippen LogP contribution in [0, 0.1) is 0 Å². The minimum Gasteiger partial charge on any atom is -0.479 e. The van der Waals surface area contributed by atoms with Gasteiger partial charge >= 0.3 is 0 Å². The second kappa shape index (κ2) is 7.36. The van der Waals surface area contributed by atoms with Gasteiger partial charge in [-0.25, -0.2) is 0 Å². The molecule has 0 aliphatic carbocycles. The lowest BCUT2D eigenvalue weighted by atomic mass is 10.1. The Morgan fingerprint density at radius 2 is 2.11 bits per heavy atom. The zero-order valence-electron chi connectivity index (χ0n) is 11.8. The third-order valence-corrected chi connectivity index (χ3v) is 3.21. The smallest absolute Gasteiger partial charge is 0.260 e. The largest absolute Gasteiger partial charge is 0.479 e. The van der Waals surface area contributed by atoms with E-state index >= 15 is 0 Å². The van der Waals surface area contributed by atoms with E-state index in [4.69, 9.17) is 16.3 Å². The Bertz CT molecular complexity index is 437. The van der Waals surface area contributed by atoms with Crippen molar-refractivity contribution in [2.75, 3.05) is 13.6 Å². The highest BCUT2D eigenvalue weighted by atomic mass is 35.5. The van der Waals surface area contributed by atoms with Crippen LogP contribution >= 0.6 is 11.6 Å². The average molecular weight is 285 g/mol. The van der Waals surface area contributed by atoms with Crippen molar-refractivity contribution in [3.05, 3.63) is 28.8 Å². The van der Waals surface area contributed by atoms with E-state index in [0.29, 0.717) is 17.3 Å². The summed E-state index contributed by atoms with van der Waals surface area (Å²) in [6.07, 6.45) is -0.565. The standard InChI is InChI=1S/C14H21ClN2O2/c1-5-17-14(18)10(3)19-13-7-6-11(8-12(13)15)9(2)16-4/h6-10,16H,5H2,1-4H3,(H,17,18). The van der Waals surface area contributed by atoms with Crippen molar-refractivity contribution in [2.45, 2.75) is 32.9 Å². The molecular weight excluding hydrogens is 264 g/mol. The predicted octanol–water partition coefficient (Wildman–Crippen LogP) is 2.52. The number of nitrogens with one attached hydrogen (secondary N) is 2. The number of hydrogen-bond donors (Lipinski definition) is 2. The molecule has 0 aliphatic rings. The molecule has 19 heavy (non-hydrogen) atoms. The molecule has 0 radical (unpaired) electrons. The van der Waals surface area contributed by atoms with Crippen molar-refractivity contribution >= 4 is 17.5 Å². The number of likely N-dealkylation sites (N-methyl/N-ethyl adjacent to an activating group) is 1. The van der Waals surface area contributed by atoms with Gasteiger partial charge in [0.1, 0.15) is 5.75 Å². The topological polar surface area (TPSA) is 50.4 Å². The summed E-state index contributed by atoms with van der Waals surface area (Å²) in [5, 5.41) is 6.36. The Kier molecular flexibility index (Phi) is 6.12. The Balaban J connectivity index is 2.77. The molecule has 0 saturated carbocycles. The third-order valence-electron chi connectivity index (χ3n) is 2.91. The van der Waals surface area contributed by atoms with Gasteiger partial charge in [-0.2, -0.15) is 0 Å². The van der Waals surface area contributed by atoms with E-state index in [9.17, 15) is 4.79 Å². The van der Waals surface area contributed by atoms with Crippen LogP contribution in [-0.4, -0.2) is 25.6 Å². The van der Waals surface area contributed by atoms with E-state index < -0.39 is 6.10 Å². The minimum absolute atomic E-state index is 0.147. The lowest BCUT2D eigenvalue weighted by molar-refractivity contribution is -0.127. The lowest BCUT2D eigenvalue weighted by Crippen LogP contribution is -2.36. The normalized spacial score (nSPS) is 13.7. The Morgan fingerprint density at radius 3 is 2.63 bits per heavy atom. The first-order chi connectivity index (χ1) is 8.99. The van der Waals surface area contributed by atoms with Gasteiger partial charge in [-0.3, -0.25) is 4.79 Å². The van der Waals surface area contributed by atoms with Crippen LogP contribution in [-0.2, 0) is 4.79 Å². The molecule has 1 rings (SSSR count). The molecule has 2 atom stereocenters. The van der Waals surface area contributed by atoms with Crippen LogP contribution in [0.15, 0.2) is 18.2 Å². The molecule has 1 aromatic rings. The number of amides is 1. The summed E-state index contributed by atoms with van der Waals surface area (Å²) in [5.74, 6) is 0.374. The molecule has 0 heterocycles. The second-order valence-corrected chi connectivity index (χ2v) is 4.76. The van der Waals surface area contributed by atoms with E-state index in [0.717, 1.165) is 5.56 Å². The zero-order valence-corrected chi connectivity index (χ0v) is 12.5. The van der Waals surface area contributed by atoms with Crippen molar-refractivity contribution in [1.82, 2.24) is 10.6 Å². The molecular formula is C14H21ClN2O2. The molecule has 0 saturated heterocycles. The van der Waals surface area contributed by atoms with E-state index in [1.807, 2.05) is 33.0 Å². The Labute approximate surface area is 119 Å². The van der Waals surface area contributed by atoms with Gasteiger partial charge < -0.3 is 15.4 Å². The fourth-order valence-electron chi connectivity index (χ4n) is 1.61. The Morgan fingerprint density at radius 1 is 1.42 bits per heavy atom. The van der Waals surface area contributed by atoms with E-state index in [2.05, 4.69) is 10.6 Å². The van der Waals surface area contributed by atoms with E-state index in [-0.39, 0.29) is 11.9 Å². The second-order valence-electron chi connectivity index (χ2n) is 4.35. The maximum absolute atomic E-state index is 11.6. The summed E-state index contributed by atoms with van der Waals surface area (Å²) >= 11 is 6.17. The highest BCUT2D eigenvalue weighted by molar-refractivity contribution is 6.32. The first-order valence-corrected chi connectivity index (χ1v) is 6.78. The molecule has 0 bridgehead atoms. The maximum Gasteiger partial charge on any atom is 0.260 e. The van der Waals surface area contributed by atoms with Crippen LogP contribution in [0.4, 0.5) is 0 Å². The molecule has 2 unspecified atom stereocenters. The van der Waals surface area contributed by atoms with Crippen molar-refractivity contribution < 1.29 is 9.53 Å². The van der Waals surface area contributed by atoms with Crippen molar-refractivity contribution in [3.8, 4) is 5.75 Å². The molecule has 106 valence electrons. The molecule has 1 aromatic carbocycles. The van der Waals surface area contributed by atoms with Crippen LogP contribution in [0.1, 0.15) is 32.4 Å². The maximum atomic E-state index is 11.6. The number of rotatable bonds is 6. The average Bonchev–Trinajstić information content (AvgIpc) is 2.40. The number of ether oxygens (including phenoxy) is 1. The summed E-state index contributed by atoms with van der Waals surface area (Å²) in [6.45, 7) is 6.19. The fraction of sp³-hybridized carbons (Fsp3) is 0.500. The van der Waals surface area contributed by atoms with Gasteiger partial charge in [0.05, 0.1) is 5.02 Å². The molecule has 0 aliphatic heterocycles. The highest BCUT2D eigenvalue weighted by Gasteiger charge is 2.15. The van der Waals surface area contributed by atoms with Crippen LogP contribution < -0.4 is 15.4 Å². The van der Waals surface area contributed by atoms with Crippen molar-refractivity contribution in [1.29, 1.82) is 0 Å². The molecule has 5 heteroatoms. The Hall–Kier alpha value is -1.26. The summed E-state index contributed by atoms with van der Waals surface area (Å²) in [5.41, 5.74) is 1.07. The monoisotopic (exact) mass is 284 g/mol. The summed E-state index contributed by atoms with van der Waals surface area (Å²) < 4.78 is 5.56. The van der Waals surface area contributed by atoms with Gasteiger partial charge in [0, 0.05) is 12.6 Å². The zero-order chi connectivity index (χ0) is 14.4. The molecule has 1 amide bonds. The molecule has 4 nitrogen and oxygen atoms in total. The summed E-state index contributed by atoms with van der Waals surface area (Å²) in [7, 11) is 1.89. The van der Waals surface area contributed by atoms with Gasteiger partial charge in [0.25, 0.3) is 5.91 Å². The molecule has 2 N–H and O–H groups in total. The van der Waals surface area contributed by atoms with Gasteiger partial charge in [-0.15, -0.1) is 0 Å². The van der Waals surface area contributed by atoms with Crippen molar-refractivity contribution in [3.63, 3.8) is 0 Å². The van der Waals surface area contributed by atoms with Crippen molar-refractivity contribution in [2.24, 2.45) is 0 Å². The lowest BCUT2D eigenvalue weighted by Gasteiger charge is -2.17. The van der Waals surface area contributed by atoms with Gasteiger partial charge in [0.2, 0.25) is 0 Å².